The van der Waals surface area contributed by atoms with Gasteiger partial charge in [0.25, 0.3) is 0 Å². The third-order valence-electron chi connectivity index (χ3n) is 4.29. The molecule has 3 nitrogen and oxygen atoms in total. The molecule has 138 valence electrons. The van der Waals surface area contributed by atoms with E-state index < -0.39 is 0 Å². The molecule has 0 aliphatic rings. The topological polar surface area (TPSA) is 63.3 Å². The van der Waals surface area contributed by atoms with Gasteiger partial charge in [0.05, 0.1) is 0 Å². The summed E-state index contributed by atoms with van der Waals surface area (Å²) in [6, 6.07) is 9.26. The van der Waals surface area contributed by atoms with Gasteiger partial charge in [-0.25, -0.2) is 0 Å². The summed E-state index contributed by atoms with van der Waals surface area (Å²) in [7, 11) is 1.00. The van der Waals surface area contributed by atoms with Gasteiger partial charge in [-0.1, -0.05) is 56.9 Å². The van der Waals surface area contributed by atoms with E-state index in [1.807, 2.05) is 0 Å². The summed E-state index contributed by atoms with van der Waals surface area (Å²) in [5.41, 5.74) is 8.84. The van der Waals surface area contributed by atoms with E-state index in [9.17, 15) is 4.79 Å². The predicted octanol–water partition coefficient (Wildman–Crippen LogP) is 4.44. The summed E-state index contributed by atoms with van der Waals surface area (Å²) in [5.74, 6) is 0. The number of rotatable bonds is 13. The number of carbonyl (C=O) groups excluding carboxylic acids is 1. The Morgan fingerprint density at radius 3 is 2.00 bits per heavy atom. The average Bonchev–Trinajstić information content (AvgIpc) is 2.63. The highest BCUT2D eigenvalue weighted by Crippen LogP contribution is 2.13. The SMILES string of the molecule is CCCCCCCc1ccc(CCCC(N)CCC=O)cc1.CO. The van der Waals surface area contributed by atoms with Crippen LogP contribution in [0.1, 0.15) is 75.8 Å². The van der Waals surface area contributed by atoms with Crippen LogP contribution in [0.4, 0.5) is 0 Å². The molecule has 0 saturated heterocycles. The fourth-order valence-corrected chi connectivity index (χ4v) is 2.80. The summed E-state index contributed by atoms with van der Waals surface area (Å²) in [4.78, 5) is 10.3. The van der Waals surface area contributed by atoms with Crippen molar-refractivity contribution in [3.05, 3.63) is 35.4 Å². The predicted molar refractivity (Wildman–Crippen MR) is 103 cm³/mol. The third kappa shape index (κ3) is 12.3. The van der Waals surface area contributed by atoms with E-state index in [1.54, 1.807) is 0 Å². The first kappa shape index (κ1) is 22.8. The van der Waals surface area contributed by atoms with Crippen molar-refractivity contribution in [3.63, 3.8) is 0 Å². The Bertz CT molecular complexity index is 389. The minimum Gasteiger partial charge on any atom is -0.400 e. The molecular formula is C21H37NO2. The van der Waals surface area contributed by atoms with Gasteiger partial charge >= 0.3 is 0 Å². The van der Waals surface area contributed by atoms with E-state index in [0.717, 1.165) is 39.1 Å². The van der Waals surface area contributed by atoms with Crippen LogP contribution in [0, 0.1) is 0 Å². The fourth-order valence-electron chi connectivity index (χ4n) is 2.80. The van der Waals surface area contributed by atoms with Crippen LogP contribution in [0.3, 0.4) is 0 Å². The third-order valence-corrected chi connectivity index (χ3v) is 4.29. The zero-order valence-electron chi connectivity index (χ0n) is 15.7. The highest BCUT2D eigenvalue weighted by atomic mass is 16.2. The van der Waals surface area contributed by atoms with Gasteiger partial charge in [0.2, 0.25) is 0 Å². The van der Waals surface area contributed by atoms with E-state index in [1.165, 1.54) is 49.7 Å². The van der Waals surface area contributed by atoms with Crippen LogP contribution < -0.4 is 5.73 Å². The molecular weight excluding hydrogens is 298 g/mol. The number of aldehydes is 1. The smallest absolute Gasteiger partial charge is 0.120 e. The number of nitrogens with two attached hydrogens (primary N) is 1. The molecule has 1 unspecified atom stereocenters. The maximum Gasteiger partial charge on any atom is 0.120 e. The molecule has 0 fully saturated rings. The van der Waals surface area contributed by atoms with Crippen LogP contribution in [0.5, 0.6) is 0 Å². The van der Waals surface area contributed by atoms with Crippen molar-refractivity contribution in [2.75, 3.05) is 7.11 Å². The molecule has 0 bridgehead atoms. The lowest BCUT2D eigenvalue weighted by Gasteiger charge is -2.09. The Labute approximate surface area is 148 Å². The molecule has 24 heavy (non-hydrogen) atoms. The Hall–Kier alpha value is -1.19. The van der Waals surface area contributed by atoms with Crippen molar-refractivity contribution in [1.82, 2.24) is 0 Å². The molecule has 1 aromatic rings. The van der Waals surface area contributed by atoms with E-state index in [4.69, 9.17) is 10.8 Å². The number of unbranched alkanes of at least 4 members (excludes halogenated alkanes) is 4. The van der Waals surface area contributed by atoms with Crippen LogP contribution in [-0.2, 0) is 17.6 Å². The van der Waals surface area contributed by atoms with Gasteiger partial charge in [-0.2, -0.15) is 0 Å². The Kier molecular flexibility index (Phi) is 15.8. The number of aliphatic hydroxyl groups is 1. The van der Waals surface area contributed by atoms with Crippen molar-refractivity contribution in [3.8, 4) is 0 Å². The summed E-state index contributed by atoms with van der Waals surface area (Å²) >= 11 is 0. The van der Waals surface area contributed by atoms with Crippen LogP contribution in [-0.4, -0.2) is 24.5 Å². The summed E-state index contributed by atoms with van der Waals surface area (Å²) < 4.78 is 0. The molecule has 0 saturated carbocycles. The molecule has 0 radical (unpaired) electrons. The standard InChI is InChI=1S/C20H33NO.CH4O/c1-2-3-4-5-6-9-18-13-15-19(16-14-18)10-7-11-20(21)12-8-17-22;1-2/h13-17,20H,2-12,21H2,1H3;2H,1H3. The van der Waals surface area contributed by atoms with Crippen LogP contribution in [0.25, 0.3) is 0 Å². The lowest BCUT2D eigenvalue weighted by molar-refractivity contribution is -0.108. The van der Waals surface area contributed by atoms with Crippen molar-refractivity contribution in [2.24, 2.45) is 5.73 Å². The van der Waals surface area contributed by atoms with E-state index >= 15 is 0 Å². The number of benzene rings is 1. The van der Waals surface area contributed by atoms with Gasteiger partial charge in [-0.05, 0) is 49.7 Å². The monoisotopic (exact) mass is 335 g/mol. The maximum atomic E-state index is 10.3. The fraction of sp³-hybridized carbons (Fsp3) is 0.667. The molecule has 3 N–H and O–H groups in total. The molecule has 0 heterocycles. The molecule has 1 aromatic carbocycles. The van der Waals surface area contributed by atoms with Crippen LogP contribution in [0.2, 0.25) is 0 Å². The second kappa shape index (κ2) is 16.7. The first-order valence-electron chi connectivity index (χ1n) is 9.48. The van der Waals surface area contributed by atoms with Crippen molar-refractivity contribution in [2.45, 2.75) is 83.6 Å². The Morgan fingerprint density at radius 2 is 1.46 bits per heavy atom. The first-order valence-corrected chi connectivity index (χ1v) is 9.48. The van der Waals surface area contributed by atoms with E-state index in [0.29, 0.717) is 6.42 Å². The Balaban J connectivity index is 0.00000254. The van der Waals surface area contributed by atoms with Gasteiger partial charge in [-0.15, -0.1) is 0 Å². The molecule has 0 aromatic heterocycles. The molecule has 0 amide bonds. The summed E-state index contributed by atoms with van der Waals surface area (Å²) in [5, 5.41) is 7.00. The van der Waals surface area contributed by atoms with Gasteiger partial charge in [0.1, 0.15) is 6.29 Å². The normalized spacial score (nSPS) is 11.5. The van der Waals surface area contributed by atoms with E-state index in [-0.39, 0.29) is 6.04 Å². The quantitative estimate of drug-likeness (QED) is 0.414. The number of aryl methyl sites for hydroxylation is 2. The second-order valence-corrected chi connectivity index (χ2v) is 6.38. The molecule has 3 heteroatoms. The largest absolute Gasteiger partial charge is 0.400 e. The lowest BCUT2D eigenvalue weighted by Crippen LogP contribution is -2.19. The van der Waals surface area contributed by atoms with Crippen LogP contribution >= 0.6 is 0 Å². The molecule has 0 aliphatic heterocycles. The number of aliphatic hydroxyl groups excluding tert-OH is 1. The number of carbonyl (C=O) groups is 1. The van der Waals surface area contributed by atoms with Gasteiger partial charge in [0.15, 0.2) is 0 Å². The number of hydrogen-bond donors (Lipinski definition) is 2. The minimum atomic E-state index is 0.174. The summed E-state index contributed by atoms with van der Waals surface area (Å²) in [6.45, 7) is 2.26. The average molecular weight is 336 g/mol. The van der Waals surface area contributed by atoms with Crippen LogP contribution in [0.15, 0.2) is 24.3 Å². The highest BCUT2D eigenvalue weighted by Gasteiger charge is 2.02. The second-order valence-electron chi connectivity index (χ2n) is 6.38. The zero-order chi connectivity index (χ0) is 18.0. The van der Waals surface area contributed by atoms with Gasteiger partial charge < -0.3 is 15.6 Å². The van der Waals surface area contributed by atoms with Crippen molar-refractivity contribution < 1.29 is 9.90 Å². The number of hydrogen-bond acceptors (Lipinski definition) is 3. The molecule has 0 aliphatic carbocycles. The Morgan fingerprint density at radius 1 is 0.917 bits per heavy atom. The van der Waals surface area contributed by atoms with Crippen molar-refractivity contribution >= 4 is 6.29 Å². The first-order chi connectivity index (χ1) is 11.8. The highest BCUT2D eigenvalue weighted by molar-refractivity contribution is 5.49. The maximum absolute atomic E-state index is 10.3. The zero-order valence-corrected chi connectivity index (χ0v) is 15.7. The minimum absolute atomic E-state index is 0.174. The van der Waals surface area contributed by atoms with E-state index in [2.05, 4.69) is 31.2 Å². The van der Waals surface area contributed by atoms with Gasteiger partial charge in [0, 0.05) is 19.6 Å². The van der Waals surface area contributed by atoms with Gasteiger partial charge in [-0.3, -0.25) is 0 Å². The summed E-state index contributed by atoms with van der Waals surface area (Å²) in [6.07, 6.45) is 13.5. The van der Waals surface area contributed by atoms with Crippen molar-refractivity contribution in [1.29, 1.82) is 0 Å². The molecule has 0 spiro atoms. The lowest BCUT2D eigenvalue weighted by atomic mass is 10.00. The molecule has 1 atom stereocenters. The molecule has 1 rings (SSSR count).